The third-order valence-electron chi connectivity index (χ3n) is 1.40. The SMILES string of the molecule is Nc1cccnn1.O=C(O)[C@H](O)[C@@H](O)C(=O)O. The summed E-state index contributed by atoms with van der Waals surface area (Å²) in [4.78, 5) is 19.5. The predicted molar refractivity (Wildman–Crippen MR) is 53.7 cm³/mol. The van der Waals surface area contributed by atoms with Crippen molar-refractivity contribution in [3.63, 3.8) is 0 Å². The smallest absolute Gasteiger partial charge is 0.335 e. The van der Waals surface area contributed by atoms with E-state index in [0.29, 0.717) is 5.82 Å². The number of hydrogen-bond acceptors (Lipinski definition) is 7. The molecule has 0 amide bonds. The Kier molecular flexibility index (Phi) is 6.14. The highest BCUT2D eigenvalue weighted by atomic mass is 16.4. The van der Waals surface area contributed by atoms with Gasteiger partial charge < -0.3 is 26.2 Å². The minimum atomic E-state index is -2.27. The first-order valence-corrected chi connectivity index (χ1v) is 4.21. The van der Waals surface area contributed by atoms with Gasteiger partial charge in [-0.15, -0.1) is 5.10 Å². The molecule has 0 unspecified atom stereocenters. The van der Waals surface area contributed by atoms with Gasteiger partial charge in [-0.2, -0.15) is 5.10 Å². The number of aromatic nitrogens is 2. The van der Waals surface area contributed by atoms with Gasteiger partial charge in [0, 0.05) is 6.20 Å². The molecule has 2 atom stereocenters. The molecule has 0 spiro atoms. The van der Waals surface area contributed by atoms with E-state index in [1.54, 1.807) is 18.3 Å². The molecule has 9 heteroatoms. The number of nitrogen functional groups attached to an aromatic ring is 1. The van der Waals surface area contributed by atoms with Crippen molar-refractivity contribution in [1.29, 1.82) is 0 Å². The number of aliphatic hydroxyl groups excluding tert-OH is 2. The van der Waals surface area contributed by atoms with Crippen LogP contribution in [0.5, 0.6) is 0 Å². The van der Waals surface area contributed by atoms with Crippen LogP contribution in [0.2, 0.25) is 0 Å². The van der Waals surface area contributed by atoms with Gasteiger partial charge in [0.1, 0.15) is 5.82 Å². The van der Waals surface area contributed by atoms with Crippen LogP contribution in [0.25, 0.3) is 0 Å². The second-order valence-corrected chi connectivity index (χ2v) is 2.71. The van der Waals surface area contributed by atoms with E-state index in [1.165, 1.54) is 0 Å². The predicted octanol–water partition coefficient (Wildman–Crippen LogP) is -2.06. The van der Waals surface area contributed by atoms with Crippen LogP contribution in [0.15, 0.2) is 18.3 Å². The van der Waals surface area contributed by atoms with Crippen LogP contribution >= 0.6 is 0 Å². The summed E-state index contributed by atoms with van der Waals surface area (Å²) in [5, 5.41) is 39.5. The number of aliphatic carboxylic acids is 2. The summed E-state index contributed by atoms with van der Waals surface area (Å²) < 4.78 is 0. The molecule has 1 heterocycles. The summed E-state index contributed by atoms with van der Waals surface area (Å²) in [5.74, 6) is -3.08. The molecule has 0 bridgehead atoms. The molecule has 0 aromatic carbocycles. The summed E-state index contributed by atoms with van der Waals surface area (Å²) in [6.07, 6.45) is -2.95. The van der Waals surface area contributed by atoms with Crippen molar-refractivity contribution in [2.75, 3.05) is 5.73 Å². The average molecular weight is 245 g/mol. The van der Waals surface area contributed by atoms with E-state index >= 15 is 0 Å². The quantitative estimate of drug-likeness (QED) is 0.402. The maximum Gasteiger partial charge on any atom is 0.335 e. The lowest BCUT2D eigenvalue weighted by molar-refractivity contribution is -0.165. The molecule has 9 nitrogen and oxygen atoms in total. The van der Waals surface area contributed by atoms with Crippen molar-refractivity contribution in [3.05, 3.63) is 18.3 Å². The lowest BCUT2D eigenvalue weighted by atomic mass is 10.2. The first kappa shape index (κ1) is 14.7. The fourth-order valence-corrected chi connectivity index (χ4v) is 0.584. The molecule has 1 aromatic heterocycles. The van der Waals surface area contributed by atoms with E-state index in [2.05, 4.69) is 10.2 Å². The van der Waals surface area contributed by atoms with E-state index in [0.717, 1.165) is 0 Å². The first-order chi connectivity index (χ1) is 7.86. The summed E-state index contributed by atoms with van der Waals surface area (Å²) in [5.41, 5.74) is 5.18. The molecule has 0 radical (unpaired) electrons. The number of hydrogen-bond donors (Lipinski definition) is 5. The lowest BCUT2D eigenvalue weighted by Gasteiger charge is -2.07. The minimum absolute atomic E-state index is 0.461. The van der Waals surface area contributed by atoms with Gasteiger partial charge in [-0.3, -0.25) is 0 Å². The lowest BCUT2D eigenvalue weighted by Crippen LogP contribution is -2.39. The highest BCUT2D eigenvalue weighted by molar-refractivity contribution is 5.83. The van der Waals surface area contributed by atoms with Gasteiger partial charge in [0.15, 0.2) is 12.2 Å². The average Bonchev–Trinajstić information content (AvgIpc) is 2.28. The standard InChI is InChI=1S/C4H5N3.C4H6O6/c5-4-2-1-3-6-7-4;5-1(3(7)8)2(6)4(9)10/h1-3H,(H2,5,7);1-2,5-6H,(H,7,8)(H,9,10)/t;1-,2-/m.1/s1. The second-order valence-electron chi connectivity index (χ2n) is 2.71. The molecule has 94 valence electrons. The van der Waals surface area contributed by atoms with Gasteiger partial charge in [0.2, 0.25) is 0 Å². The van der Waals surface area contributed by atoms with Gasteiger partial charge in [0.05, 0.1) is 0 Å². The fourth-order valence-electron chi connectivity index (χ4n) is 0.584. The first-order valence-electron chi connectivity index (χ1n) is 4.21. The van der Waals surface area contributed by atoms with Crippen LogP contribution in [-0.4, -0.2) is 54.8 Å². The van der Waals surface area contributed by atoms with Crippen LogP contribution in [-0.2, 0) is 9.59 Å². The Morgan fingerprint density at radius 2 is 1.65 bits per heavy atom. The number of anilines is 1. The molecule has 17 heavy (non-hydrogen) atoms. The van der Waals surface area contributed by atoms with Gasteiger partial charge in [-0.1, -0.05) is 0 Å². The van der Waals surface area contributed by atoms with Crippen LogP contribution in [0.3, 0.4) is 0 Å². The van der Waals surface area contributed by atoms with E-state index in [9.17, 15) is 9.59 Å². The van der Waals surface area contributed by atoms with Crippen LogP contribution < -0.4 is 5.73 Å². The minimum Gasteiger partial charge on any atom is -0.479 e. The van der Waals surface area contributed by atoms with Crippen molar-refractivity contribution < 1.29 is 30.0 Å². The Bertz CT molecular complexity index is 353. The van der Waals surface area contributed by atoms with Crippen molar-refractivity contribution in [1.82, 2.24) is 10.2 Å². The van der Waals surface area contributed by atoms with E-state index < -0.39 is 24.1 Å². The van der Waals surface area contributed by atoms with Gasteiger partial charge in [-0.05, 0) is 12.1 Å². The normalized spacial score (nSPS) is 12.8. The zero-order valence-corrected chi connectivity index (χ0v) is 8.46. The Balaban J connectivity index is 0.000000318. The molecule has 0 aliphatic heterocycles. The molecular weight excluding hydrogens is 234 g/mol. The summed E-state index contributed by atoms with van der Waals surface area (Å²) in [7, 11) is 0. The van der Waals surface area contributed by atoms with Crippen molar-refractivity contribution in [2.24, 2.45) is 0 Å². The molecule has 1 aromatic rings. The third-order valence-corrected chi connectivity index (χ3v) is 1.40. The maximum atomic E-state index is 9.77. The number of aliphatic hydroxyl groups is 2. The largest absolute Gasteiger partial charge is 0.479 e. The molecule has 0 saturated carbocycles. The van der Waals surface area contributed by atoms with Crippen LogP contribution in [0, 0.1) is 0 Å². The molecule has 0 aliphatic rings. The van der Waals surface area contributed by atoms with E-state index in [-0.39, 0.29) is 0 Å². The number of rotatable bonds is 3. The zero-order valence-electron chi connectivity index (χ0n) is 8.46. The molecule has 0 aliphatic carbocycles. The number of nitrogens with zero attached hydrogens (tertiary/aromatic N) is 2. The van der Waals surface area contributed by atoms with Gasteiger partial charge in [0.25, 0.3) is 0 Å². The summed E-state index contributed by atoms with van der Waals surface area (Å²) in [6, 6.07) is 3.43. The zero-order chi connectivity index (χ0) is 13.4. The van der Waals surface area contributed by atoms with Crippen LogP contribution in [0.1, 0.15) is 0 Å². The molecule has 0 fully saturated rings. The maximum absolute atomic E-state index is 9.77. The molecular formula is C8H11N3O6. The van der Waals surface area contributed by atoms with E-state index in [1.807, 2.05) is 0 Å². The van der Waals surface area contributed by atoms with E-state index in [4.69, 9.17) is 26.2 Å². The van der Waals surface area contributed by atoms with Gasteiger partial charge >= 0.3 is 11.9 Å². The highest BCUT2D eigenvalue weighted by Crippen LogP contribution is 1.92. The summed E-state index contributed by atoms with van der Waals surface area (Å²) >= 11 is 0. The number of carboxylic acid groups (broad SMARTS) is 2. The fraction of sp³-hybridized carbons (Fsp3) is 0.250. The monoisotopic (exact) mass is 245 g/mol. The highest BCUT2D eigenvalue weighted by Gasteiger charge is 2.29. The Hall–Kier alpha value is -2.26. The molecule has 1 rings (SSSR count). The van der Waals surface area contributed by atoms with Gasteiger partial charge in [-0.25, -0.2) is 9.59 Å². The topological polar surface area (TPSA) is 167 Å². The third kappa shape index (κ3) is 6.02. The number of carboxylic acids is 2. The molecule has 0 saturated heterocycles. The Morgan fingerprint density at radius 3 is 1.82 bits per heavy atom. The van der Waals surface area contributed by atoms with Crippen molar-refractivity contribution >= 4 is 17.8 Å². The Labute approximate surface area is 95.1 Å². The van der Waals surface area contributed by atoms with Crippen LogP contribution in [0.4, 0.5) is 5.82 Å². The second kappa shape index (κ2) is 7.09. The van der Waals surface area contributed by atoms with Crippen molar-refractivity contribution in [2.45, 2.75) is 12.2 Å². The Morgan fingerprint density at radius 1 is 1.18 bits per heavy atom. The summed E-state index contributed by atoms with van der Waals surface area (Å²) in [6.45, 7) is 0. The number of carbonyl (C=O) groups is 2. The van der Waals surface area contributed by atoms with Crippen molar-refractivity contribution in [3.8, 4) is 0 Å². The molecule has 6 N–H and O–H groups in total. The number of nitrogens with two attached hydrogens (primary N) is 1.